The van der Waals surface area contributed by atoms with E-state index in [0.717, 1.165) is 50.6 Å². The molecule has 2 nitrogen and oxygen atoms in total. The molecule has 0 amide bonds. The summed E-state index contributed by atoms with van der Waals surface area (Å²) in [6, 6.07) is 75.8. The van der Waals surface area contributed by atoms with Crippen molar-refractivity contribution in [2.24, 2.45) is 0 Å². The van der Waals surface area contributed by atoms with Gasteiger partial charge in [-0.1, -0.05) is 158 Å². The van der Waals surface area contributed by atoms with Crippen molar-refractivity contribution in [2.45, 2.75) is 0 Å². The number of fused-ring (bicyclic) bond motifs is 6. The van der Waals surface area contributed by atoms with Gasteiger partial charge in [0.25, 0.3) is 0 Å². The van der Waals surface area contributed by atoms with E-state index in [2.05, 4.69) is 217 Å². The minimum absolute atomic E-state index is 0.832. The second kappa shape index (κ2) is 13.4. The van der Waals surface area contributed by atoms with Crippen LogP contribution in [-0.2, 0) is 0 Å². The smallest absolute Gasteiger partial charge is 0.135 e. The number of nitrogens with zero attached hydrogens (tertiary/aromatic N) is 1. The first-order chi connectivity index (χ1) is 26.8. The van der Waals surface area contributed by atoms with Crippen molar-refractivity contribution < 1.29 is 4.74 Å². The number of ether oxygens (including phenoxy) is 1. The highest BCUT2D eigenvalue weighted by atomic mass is 16.5. The van der Waals surface area contributed by atoms with Gasteiger partial charge in [0.1, 0.15) is 11.5 Å². The minimum Gasteiger partial charge on any atom is -0.456 e. The zero-order chi connectivity index (χ0) is 35.8. The molecule has 0 saturated carbocycles. The maximum Gasteiger partial charge on any atom is 0.135 e. The Morgan fingerprint density at radius 1 is 0.278 bits per heavy atom. The standard InChI is InChI=1S/C52H35NO/c1-4-13-36(14-5-1)38-23-27-43(28-24-38)53(44-29-25-39(26-30-44)37-15-6-2-7-16-37)45-31-32-50-48(35-45)47-22-12-21-46(40-17-8-3-9-18-40)52(47)49-33-41-19-10-11-20-42(41)34-51(49)54-50/h1-35H. The predicted octanol–water partition coefficient (Wildman–Crippen LogP) is 14.8. The molecule has 0 atom stereocenters. The van der Waals surface area contributed by atoms with Crippen molar-refractivity contribution in [2.75, 3.05) is 4.90 Å². The van der Waals surface area contributed by atoms with Gasteiger partial charge in [0.05, 0.1) is 0 Å². The normalized spacial score (nSPS) is 11.5. The summed E-state index contributed by atoms with van der Waals surface area (Å²) in [6.45, 7) is 0. The fraction of sp³-hybridized carbons (Fsp3) is 0. The van der Waals surface area contributed by atoms with Crippen LogP contribution in [0, 0.1) is 0 Å². The number of anilines is 3. The Labute approximate surface area is 315 Å². The Kier molecular flexibility index (Phi) is 7.85. The van der Waals surface area contributed by atoms with Gasteiger partial charge in [-0.3, -0.25) is 0 Å². The molecule has 0 fully saturated rings. The Morgan fingerprint density at radius 3 is 1.35 bits per heavy atom. The maximum atomic E-state index is 6.94. The summed E-state index contributed by atoms with van der Waals surface area (Å²) in [7, 11) is 0. The average Bonchev–Trinajstić information content (AvgIpc) is 3.38. The van der Waals surface area contributed by atoms with Crippen molar-refractivity contribution in [1.29, 1.82) is 0 Å². The lowest BCUT2D eigenvalue weighted by molar-refractivity contribution is 0.488. The first kappa shape index (κ1) is 31.6. The molecular formula is C52H35NO. The quantitative estimate of drug-likeness (QED) is 0.172. The van der Waals surface area contributed by atoms with Crippen molar-refractivity contribution in [3.63, 3.8) is 0 Å². The summed E-state index contributed by atoms with van der Waals surface area (Å²) in [5.41, 5.74) is 14.8. The monoisotopic (exact) mass is 689 g/mol. The van der Waals surface area contributed by atoms with Crippen LogP contribution in [0.5, 0.6) is 11.5 Å². The highest BCUT2D eigenvalue weighted by Crippen LogP contribution is 2.52. The molecule has 1 heterocycles. The zero-order valence-corrected chi connectivity index (χ0v) is 29.6. The SMILES string of the molecule is c1ccc(-c2ccc(N(c3ccc(-c4ccccc4)cc3)c3ccc4c(c3)-c3cccc(-c5ccccc5)c3-c3cc5ccccc5cc3O4)cc2)cc1. The van der Waals surface area contributed by atoms with E-state index in [-0.39, 0.29) is 0 Å². The molecule has 0 radical (unpaired) electrons. The van der Waals surface area contributed by atoms with Gasteiger partial charge >= 0.3 is 0 Å². The van der Waals surface area contributed by atoms with Crippen LogP contribution in [0.15, 0.2) is 212 Å². The van der Waals surface area contributed by atoms with E-state index in [4.69, 9.17) is 4.74 Å². The largest absolute Gasteiger partial charge is 0.456 e. The molecule has 0 aromatic heterocycles. The predicted molar refractivity (Wildman–Crippen MR) is 226 cm³/mol. The van der Waals surface area contributed by atoms with E-state index < -0.39 is 0 Å². The van der Waals surface area contributed by atoms with Crippen molar-refractivity contribution in [3.8, 4) is 67.1 Å². The Hall–Kier alpha value is -7.16. The summed E-state index contributed by atoms with van der Waals surface area (Å²) in [5.74, 6) is 1.69. The molecule has 54 heavy (non-hydrogen) atoms. The lowest BCUT2D eigenvalue weighted by Crippen LogP contribution is -2.10. The van der Waals surface area contributed by atoms with Gasteiger partial charge in [-0.25, -0.2) is 0 Å². The summed E-state index contributed by atoms with van der Waals surface area (Å²) in [5, 5.41) is 2.34. The first-order valence-electron chi connectivity index (χ1n) is 18.4. The number of hydrogen-bond acceptors (Lipinski definition) is 2. The molecule has 0 unspecified atom stereocenters. The van der Waals surface area contributed by atoms with Crippen LogP contribution in [0.25, 0.3) is 66.4 Å². The number of benzene rings is 9. The molecule has 0 saturated heterocycles. The molecule has 0 spiro atoms. The fourth-order valence-electron chi connectivity index (χ4n) is 7.81. The van der Waals surface area contributed by atoms with Gasteiger partial charge < -0.3 is 9.64 Å². The van der Waals surface area contributed by atoms with Crippen LogP contribution < -0.4 is 9.64 Å². The number of hydrogen-bond donors (Lipinski definition) is 0. The third-order valence-corrected chi connectivity index (χ3v) is 10.5. The van der Waals surface area contributed by atoms with Crippen molar-refractivity contribution in [1.82, 2.24) is 0 Å². The first-order valence-corrected chi connectivity index (χ1v) is 18.4. The highest BCUT2D eigenvalue weighted by molar-refractivity contribution is 6.03. The van der Waals surface area contributed by atoms with E-state index in [0.29, 0.717) is 0 Å². The van der Waals surface area contributed by atoms with Crippen LogP contribution in [0.4, 0.5) is 17.1 Å². The number of rotatable bonds is 6. The molecular weight excluding hydrogens is 655 g/mol. The summed E-state index contributed by atoms with van der Waals surface area (Å²) < 4.78 is 6.94. The lowest BCUT2D eigenvalue weighted by atomic mass is 9.87. The molecule has 9 aromatic carbocycles. The third kappa shape index (κ3) is 5.71. The summed E-state index contributed by atoms with van der Waals surface area (Å²) >= 11 is 0. The van der Waals surface area contributed by atoms with Crippen LogP contribution in [0.2, 0.25) is 0 Å². The van der Waals surface area contributed by atoms with E-state index in [9.17, 15) is 0 Å². The molecule has 9 aromatic rings. The van der Waals surface area contributed by atoms with Gasteiger partial charge in [-0.2, -0.15) is 0 Å². The van der Waals surface area contributed by atoms with Crippen LogP contribution in [0.3, 0.4) is 0 Å². The Bertz CT molecular complexity index is 2670. The van der Waals surface area contributed by atoms with E-state index >= 15 is 0 Å². The zero-order valence-electron chi connectivity index (χ0n) is 29.6. The lowest BCUT2D eigenvalue weighted by Gasteiger charge is -2.27. The summed E-state index contributed by atoms with van der Waals surface area (Å²) in [4.78, 5) is 2.34. The molecule has 1 aliphatic heterocycles. The molecule has 2 heteroatoms. The van der Waals surface area contributed by atoms with Crippen LogP contribution in [-0.4, -0.2) is 0 Å². The molecule has 0 N–H and O–H groups in total. The average molecular weight is 690 g/mol. The van der Waals surface area contributed by atoms with E-state index in [1.807, 2.05) is 0 Å². The molecule has 0 aliphatic carbocycles. The highest BCUT2D eigenvalue weighted by Gasteiger charge is 2.26. The molecule has 254 valence electrons. The maximum absolute atomic E-state index is 6.94. The van der Waals surface area contributed by atoms with E-state index in [1.54, 1.807) is 0 Å². The van der Waals surface area contributed by atoms with Crippen LogP contribution >= 0.6 is 0 Å². The van der Waals surface area contributed by atoms with Gasteiger partial charge in [0.15, 0.2) is 0 Å². The van der Waals surface area contributed by atoms with Gasteiger partial charge in [0.2, 0.25) is 0 Å². The summed E-state index contributed by atoms with van der Waals surface area (Å²) in [6.07, 6.45) is 0. The van der Waals surface area contributed by atoms with Crippen molar-refractivity contribution in [3.05, 3.63) is 212 Å². The fourth-order valence-corrected chi connectivity index (χ4v) is 7.81. The minimum atomic E-state index is 0.832. The molecule has 10 rings (SSSR count). The van der Waals surface area contributed by atoms with E-state index in [1.165, 1.54) is 44.3 Å². The van der Waals surface area contributed by atoms with Crippen LogP contribution in [0.1, 0.15) is 0 Å². The van der Waals surface area contributed by atoms with Gasteiger partial charge in [-0.15, -0.1) is 0 Å². The van der Waals surface area contributed by atoms with Crippen molar-refractivity contribution >= 4 is 27.8 Å². The Balaban J connectivity index is 1.16. The molecule has 1 aliphatic rings. The second-order valence-electron chi connectivity index (χ2n) is 13.7. The Morgan fingerprint density at radius 2 is 0.759 bits per heavy atom. The topological polar surface area (TPSA) is 12.5 Å². The second-order valence-corrected chi connectivity index (χ2v) is 13.7. The van der Waals surface area contributed by atoms with Gasteiger partial charge in [0, 0.05) is 33.8 Å². The molecule has 0 bridgehead atoms. The van der Waals surface area contributed by atoms with Gasteiger partial charge in [-0.05, 0) is 104 Å². The third-order valence-electron chi connectivity index (χ3n) is 10.5.